The molecule has 1 aromatic rings. The van der Waals surface area contributed by atoms with Gasteiger partial charge in [-0.15, -0.1) is 0 Å². The van der Waals surface area contributed by atoms with Crippen molar-refractivity contribution in [1.82, 2.24) is 31.2 Å². The summed E-state index contributed by atoms with van der Waals surface area (Å²) in [5.74, 6) is 6.54. The maximum Gasteiger partial charge on any atom is 0.312 e. The number of nitrogens with one attached hydrogen (secondary N) is 4. The van der Waals surface area contributed by atoms with Gasteiger partial charge in [0.1, 0.15) is 5.78 Å². The average molecular weight is 706 g/mol. The number of carbonyl (C=O) groups excluding carboxylic acids is 4. The van der Waals surface area contributed by atoms with Crippen molar-refractivity contribution >= 4 is 33.5 Å². The molecule has 0 aromatic carbocycles. The van der Waals surface area contributed by atoms with Gasteiger partial charge in [0.15, 0.2) is 0 Å². The number of rotatable bonds is 20. The molecule has 0 radical (unpaired) electrons. The van der Waals surface area contributed by atoms with E-state index in [1.54, 1.807) is 0 Å². The molecular formula is C34H57N8O6S+. The number of likely N-dealkylation sites (tertiary alicyclic amines) is 1. The van der Waals surface area contributed by atoms with Crippen molar-refractivity contribution in [3.05, 3.63) is 18.0 Å². The molecule has 14 nitrogen and oxygen atoms in total. The molecule has 6 N–H and O–H groups in total. The van der Waals surface area contributed by atoms with Crippen molar-refractivity contribution < 1.29 is 32.1 Å². The SMILES string of the molecule is CC(=O)[C@H](CCCNC(N)=O)NC[C@@H](NC(=O)CCC[N+]1(C)CCC(CNC(=O)CCCC#Cc2cnc(S(C)(=O)=O)nc2)CC1)C(C)C. The summed E-state index contributed by atoms with van der Waals surface area (Å²) in [7, 11) is -1.21. The standard InChI is InChI=1S/C34H56N8O6S/c1-25(2)30(24-37-29(26(3)43)12-9-17-36-33(35)46)41-32(45)14-10-18-42(4)19-15-27(16-20-42)21-38-31(44)13-8-6-7-11-28-22-39-34(40-23-28)49(5,47)48/h22-23,25,27,29-30,37H,6,8-10,12-21,24H2,1-5H3,(H4-,35,36,38,41,44,45,46)/p+1/t27?,29-,30+,42?/m0/s1. The predicted octanol–water partition coefficient (Wildman–Crippen LogP) is 1.29. The van der Waals surface area contributed by atoms with Crippen LogP contribution in [0, 0.1) is 23.7 Å². The second kappa shape index (κ2) is 20.8. The first kappa shape index (κ1) is 41.6. The molecule has 2 rings (SSSR count). The highest BCUT2D eigenvalue weighted by Gasteiger charge is 2.30. The molecule has 0 saturated carbocycles. The van der Waals surface area contributed by atoms with Gasteiger partial charge in [0.2, 0.25) is 26.8 Å². The van der Waals surface area contributed by atoms with Crippen molar-refractivity contribution in [3.8, 4) is 11.8 Å². The van der Waals surface area contributed by atoms with E-state index in [1.807, 2.05) is 13.8 Å². The fourth-order valence-electron chi connectivity index (χ4n) is 5.68. The van der Waals surface area contributed by atoms with Gasteiger partial charge < -0.3 is 31.5 Å². The number of hydrogen-bond donors (Lipinski definition) is 5. The molecular weight excluding hydrogens is 648 g/mol. The average Bonchev–Trinajstić information content (AvgIpc) is 3.02. The topological polar surface area (TPSA) is 202 Å². The Balaban J connectivity index is 1.63. The number of nitrogens with zero attached hydrogens (tertiary/aromatic N) is 3. The number of unbranched alkanes of at least 4 members (excludes halogenated alkanes) is 1. The largest absolute Gasteiger partial charge is 0.356 e. The van der Waals surface area contributed by atoms with Gasteiger partial charge in [-0.1, -0.05) is 25.7 Å². The van der Waals surface area contributed by atoms with Gasteiger partial charge in [0.05, 0.1) is 38.3 Å². The van der Waals surface area contributed by atoms with E-state index in [4.69, 9.17) is 5.73 Å². The van der Waals surface area contributed by atoms with E-state index in [0.29, 0.717) is 69.6 Å². The lowest BCUT2D eigenvalue weighted by Crippen LogP contribution is -2.52. The van der Waals surface area contributed by atoms with Crippen molar-refractivity contribution in [3.63, 3.8) is 0 Å². The first-order valence-corrected chi connectivity index (χ1v) is 19.1. The summed E-state index contributed by atoms with van der Waals surface area (Å²) in [4.78, 5) is 55.8. The molecule has 2 heterocycles. The lowest BCUT2D eigenvalue weighted by Gasteiger charge is -2.40. The Morgan fingerprint density at radius 1 is 1.02 bits per heavy atom. The molecule has 0 aliphatic carbocycles. The van der Waals surface area contributed by atoms with Crippen LogP contribution in [0.1, 0.15) is 84.1 Å². The van der Waals surface area contributed by atoms with Gasteiger partial charge in [0.25, 0.3) is 0 Å². The third-order valence-electron chi connectivity index (χ3n) is 8.94. The van der Waals surface area contributed by atoms with Gasteiger partial charge in [-0.25, -0.2) is 23.2 Å². The number of primary amides is 1. The number of urea groups is 1. The maximum atomic E-state index is 12.8. The highest BCUT2D eigenvalue weighted by molar-refractivity contribution is 7.90. The van der Waals surface area contributed by atoms with Gasteiger partial charge in [-0.2, -0.15) is 0 Å². The first-order chi connectivity index (χ1) is 23.1. The zero-order valence-electron chi connectivity index (χ0n) is 29.8. The smallest absolute Gasteiger partial charge is 0.312 e. The summed E-state index contributed by atoms with van der Waals surface area (Å²) in [6.07, 6.45) is 9.81. The van der Waals surface area contributed by atoms with Gasteiger partial charge in [-0.05, 0) is 38.0 Å². The lowest BCUT2D eigenvalue weighted by molar-refractivity contribution is -0.915. The Labute approximate surface area is 292 Å². The van der Waals surface area contributed by atoms with Gasteiger partial charge >= 0.3 is 6.03 Å². The van der Waals surface area contributed by atoms with E-state index in [2.05, 4.69) is 50.1 Å². The van der Waals surface area contributed by atoms with Crippen molar-refractivity contribution in [2.45, 2.75) is 95.8 Å². The Kier molecular flexibility index (Phi) is 17.6. The minimum atomic E-state index is -3.45. The molecule has 1 aliphatic rings. The molecule has 1 saturated heterocycles. The third-order valence-corrected chi connectivity index (χ3v) is 9.81. The van der Waals surface area contributed by atoms with E-state index >= 15 is 0 Å². The van der Waals surface area contributed by atoms with Crippen molar-refractivity contribution in [2.24, 2.45) is 17.6 Å². The summed E-state index contributed by atoms with van der Waals surface area (Å²) in [6, 6.07) is -1.04. The molecule has 4 amide bonds. The molecule has 49 heavy (non-hydrogen) atoms. The normalized spacial score (nSPS) is 18.9. The number of aromatic nitrogens is 2. The number of carbonyl (C=O) groups is 4. The molecule has 15 heteroatoms. The third kappa shape index (κ3) is 17.1. The molecule has 274 valence electrons. The van der Waals surface area contributed by atoms with Crippen LogP contribution in [0.25, 0.3) is 0 Å². The fraction of sp³-hybridized carbons (Fsp3) is 0.706. The monoisotopic (exact) mass is 705 g/mol. The zero-order chi connectivity index (χ0) is 36.5. The van der Waals surface area contributed by atoms with Crippen LogP contribution >= 0.6 is 0 Å². The Morgan fingerprint density at radius 3 is 2.27 bits per heavy atom. The van der Waals surface area contributed by atoms with E-state index in [0.717, 1.165) is 49.6 Å². The fourth-order valence-corrected chi connectivity index (χ4v) is 6.17. The predicted molar refractivity (Wildman–Crippen MR) is 188 cm³/mol. The second-order valence-corrected chi connectivity index (χ2v) is 15.7. The van der Waals surface area contributed by atoms with Crippen molar-refractivity contribution in [1.29, 1.82) is 0 Å². The first-order valence-electron chi connectivity index (χ1n) is 17.3. The number of piperidine rings is 1. The molecule has 1 fully saturated rings. The minimum absolute atomic E-state index is 0.0120. The maximum absolute atomic E-state index is 12.8. The van der Waals surface area contributed by atoms with Crippen LogP contribution in [-0.2, 0) is 24.2 Å². The van der Waals surface area contributed by atoms with Crippen LogP contribution in [0.15, 0.2) is 17.6 Å². The molecule has 2 atom stereocenters. The highest BCUT2D eigenvalue weighted by atomic mass is 32.2. The van der Waals surface area contributed by atoms with E-state index in [1.165, 1.54) is 19.3 Å². The Bertz CT molecular complexity index is 1400. The summed E-state index contributed by atoms with van der Waals surface area (Å²) >= 11 is 0. The summed E-state index contributed by atoms with van der Waals surface area (Å²) in [6.45, 7) is 10.1. The number of quaternary nitrogens is 1. The van der Waals surface area contributed by atoms with Gasteiger partial charge in [0, 0.05) is 82.9 Å². The van der Waals surface area contributed by atoms with Crippen LogP contribution in [0.4, 0.5) is 4.79 Å². The minimum Gasteiger partial charge on any atom is -0.356 e. The summed E-state index contributed by atoms with van der Waals surface area (Å²) < 4.78 is 23.8. The lowest BCUT2D eigenvalue weighted by atomic mass is 9.94. The van der Waals surface area contributed by atoms with E-state index in [9.17, 15) is 27.6 Å². The van der Waals surface area contributed by atoms with Gasteiger partial charge in [-0.3, -0.25) is 14.4 Å². The van der Waals surface area contributed by atoms with E-state index in [-0.39, 0.29) is 40.8 Å². The summed E-state index contributed by atoms with van der Waals surface area (Å²) in [5.41, 5.74) is 5.62. The van der Waals surface area contributed by atoms with Crippen LogP contribution in [0.2, 0.25) is 0 Å². The van der Waals surface area contributed by atoms with Crippen molar-refractivity contribution in [2.75, 3.05) is 52.6 Å². The van der Waals surface area contributed by atoms with E-state index < -0.39 is 15.9 Å². The quantitative estimate of drug-likeness (QED) is 0.0574. The molecule has 0 spiro atoms. The zero-order valence-corrected chi connectivity index (χ0v) is 30.7. The van der Waals surface area contributed by atoms with Crippen LogP contribution in [0.3, 0.4) is 0 Å². The number of nitrogens with two attached hydrogens (primary N) is 1. The number of hydrogen-bond acceptors (Lipinski definition) is 9. The molecule has 1 aromatic heterocycles. The molecule has 0 unspecified atom stereocenters. The molecule has 0 bridgehead atoms. The number of amides is 4. The van der Waals surface area contributed by atoms with Crippen LogP contribution in [-0.4, -0.2) is 111 Å². The molecule has 1 aliphatic heterocycles. The number of ketones is 1. The number of sulfone groups is 1. The number of Topliss-reactive ketones (excluding diaryl/α,β-unsaturated/α-hetero) is 1. The Hall–Kier alpha value is -3.61. The Morgan fingerprint density at radius 2 is 1.67 bits per heavy atom. The highest BCUT2D eigenvalue weighted by Crippen LogP contribution is 2.22. The van der Waals surface area contributed by atoms with Crippen LogP contribution in [0.5, 0.6) is 0 Å². The summed E-state index contributed by atoms with van der Waals surface area (Å²) in [5, 5.41) is 11.8. The second-order valence-electron chi connectivity index (χ2n) is 13.7. The van der Waals surface area contributed by atoms with Crippen LogP contribution < -0.4 is 27.0 Å².